The second-order valence-electron chi connectivity index (χ2n) is 7.75. The summed E-state index contributed by atoms with van der Waals surface area (Å²) < 4.78 is 1.93. The zero-order chi connectivity index (χ0) is 18.1. The molecule has 0 saturated heterocycles. The maximum atomic E-state index is 12.4. The van der Waals surface area contributed by atoms with Crippen molar-refractivity contribution in [3.05, 3.63) is 59.4 Å². The predicted octanol–water partition coefficient (Wildman–Crippen LogP) is 3.75. The Hall–Kier alpha value is -2.36. The lowest BCUT2D eigenvalue weighted by Crippen LogP contribution is -2.28. The normalized spacial score (nSPS) is 23.5. The second kappa shape index (κ2) is 7.10. The van der Waals surface area contributed by atoms with E-state index in [0.717, 1.165) is 53.4 Å². The van der Waals surface area contributed by atoms with E-state index in [1.807, 2.05) is 48.9 Å². The molecule has 4 heteroatoms. The molecule has 2 aliphatic carbocycles. The molecule has 0 spiro atoms. The van der Waals surface area contributed by atoms with Crippen molar-refractivity contribution < 1.29 is 4.79 Å². The highest BCUT2D eigenvalue weighted by molar-refractivity contribution is 5.79. The van der Waals surface area contributed by atoms with Crippen LogP contribution in [0.1, 0.15) is 36.2 Å². The molecule has 1 aromatic heterocycles. The highest BCUT2D eigenvalue weighted by Crippen LogP contribution is 2.44. The van der Waals surface area contributed by atoms with Crippen LogP contribution in [-0.2, 0) is 11.2 Å². The molecule has 2 aliphatic rings. The van der Waals surface area contributed by atoms with Crippen LogP contribution in [0, 0.1) is 31.6 Å². The van der Waals surface area contributed by atoms with Crippen LogP contribution in [0.25, 0.3) is 5.69 Å². The molecule has 1 heterocycles. The first-order valence-electron chi connectivity index (χ1n) is 9.67. The fourth-order valence-corrected chi connectivity index (χ4v) is 4.60. The standard InChI is InChI=1S/C22H27N3O/c1-15-21(16(2)25(24-15)20-6-4-3-5-7-20)14-22(26)23-11-10-19-13-17-8-9-18(19)12-17/h3-9,17-19H,10-14H2,1-2H3,(H,23,26). The number of para-hydroxylation sites is 1. The van der Waals surface area contributed by atoms with Gasteiger partial charge in [0, 0.05) is 17.8 Å². The summed E-state index contributed by atoms with van der Waals surface area (Å²) in [5.74, 6) is 2.41. The molecule has 4 rings (SSSR count). The van der Waals surface area contributed by atoms with Gasteiger partial charge in [0.25, 0.3) is 0 Å². The Bertz CT molecular complexity index is 821. The van der Waals surface area contributed by atoms with Gasteiger partial charge < -0.3 is 5.32 Å². The van der Waals surface area contributed by atoms with Crippen molar-refractivity contribution in [2.45, 2.75) is 39.5 Å². The van der Waals surface area contributed by atoms with Crippen LogP contribution >= 0.6 is 0 Å². The van der Waals surface area contributed by atoms with Crippen molar-refractivity contribution in [2.24, 2.45) is 17.8 Å². The van der Waals surface area contributed by atoms with Gasteiger partial charge in [0.15, 0.2) is 0 Å². The zero-order valence-electron chi connectivity index (χ0n) is 15.6. The molecule has 26 heavy (non-hydrogen) atoms. The monoisotopic (exact) mass is 349 g/mol. The van der Waals surface area contributed by atoms with Crippen LogP contribution in [-0.4, -0.2) is 22.2 Å². The molecule has 1 saturated carbocycles. The summed E-state index contributed by atoms with van der Waals surface area (Å²) in [4.78, 5) is 12.4. The molecular formula is C22H27N3O. The molecule has 0 aliphatic heterocycles. The Morgan fingerprint density at radius 1 is 1.19 bits per heavy atom. The quantitative estimate of drug-likeness (QED) is 0.808. The largest absolute Gasteiger partial charge is 0.356 e. The lowest BCUT2D eigenvalue weighted by molar-refractivity contribution is -0.120. The zero-order valence-corrected chi connectivity index (χ0v) is 15.6. The fourth-order valence-electron chi connectivity index (χ4n) is 4.60. The lowest BCUT2D eigenvalue weighted by atomic mass is 9.90. The highest BCUT2D eigenvalue weighted by Gasteiger charge is 2.34. The Morgan fingerprint density at radius 2 is 2.00 bits per heavy atom. The van der Waals surface area contributed by atoms with Crippen molar-refractivity contribution >= 4 is 5.91 Å². The summed E-state index contributed by atoms with van der Waals surface area (Å²) in [5, 5.41) is 7.75. The SMILES string of the molecule is Cc1nn(-c2ccccc2)c(C)c1CC(=O)NCCC1CC2C=CC1C2. The third-order valence-electron chi connectivity index (χ3n) is 6.03. The molecule has 2 bridgehead atoms. The number of carbonyl (C=O) groups is 1. The summed E-state index contributed by atoms with van der Waals surface area (Å²) in [5.41, 5.74) is 4.04. The molecule has 1 amide bonds. The number of allylic oxidation sites excluding steroid dienone is 2. The minimum Gasteiger partial charge on any atom is -0.356 e. The van der Waals surface area contributed by atoms with Crippen molar-refractivity contribution in [3.63, 3.8) is 0 Å². The first-order chi connectivity index (χ1) is 12.6. The van der Waals surface area contributed by atoms with Crippen molar-refractivity contribution in [1.29, 1.82) is 0 Å². The molecule has 1 N–H and O–H groups in total. The van der Waals surface area contributed by atoms with Crippen molar-refractivity contribution in [3.8, 4) is 5.69 Å². The number of aromatic nitrogens is 2. The van der Waals surface area contributed by atoms with Crippen LogP contribution in [0.4, 0.5) is 0 Å². The van der Waals surface area contributed by atoms with E-state index in [9.17, 15) is 4.79 Å². The molecule has 0 radical (unpaired) electrons. The minimum absolute atomic E-state index is 0.0995. The molecule has 4 nitrogen and oxygen atoms in total. The number of hydrogen-bond donors (Lipinski definition) is 1. The van der Waals surface area contributed by atoms with E-state index >= 15 is 0 Å². The average molecular weight is 349 g/mol. The van der Waals surface area contributed by atoms with Crippen LogP contribution in [0.15, 0.2) is 42.5 Å². The first kappa shape index (κ1) is 17.1. The summed E-state index contributed by atoms with van der Waals surface area (Å²) in [7, 11) is 0. The third-order valence-corrected chi connectivity index (χ3v) is 6.03. The topological polar surface area (TPSA) is 46.9 Å². The highest BCUT2D eigenvalue weighted by atomic mass is 16.1. The molecule has 136 valence electrons. The number of nitrogens with zero attached hydrogens (tertiary/aromatic N) is 2. The van der Waals surface area contributed by atoms with Crippen molar-refractivity contribution in [2.75, 3.05) is 6.54 Å². The molecule has 1 fully saturated rings. The number of amides is 1. The maximum Gasteiger partial charge on any atom is 0.224 e. The Balaban J connectivity index is 1.34. The minimum atomic E-state index is 0.0995. The van der Waals surface area contributed by atoms with Gasteiger partial charge >= 0.3 is 0 Å². The van der Waals surface area contributed by atoms with E-state index in [1.54, 1.807) is 0 Å². The Labute approximate surface area is 155 Å². The van der Waals surface area contributed by atoms with Gasteiger partial charge in [-0.3, -0.25) is 4.79 Å². The summed E-state index contributed by atoms with van der Waals surface area (Å²) in [6, 6.07) is 10.1. The fraction of sp³-hybridized carbons (Fsp3) is 0.455. The molecule has 1 aromatic carbocycles. The average Bonchev–Trinajstić information content (AvgIpc) is 3.33. The second-order valence-corrected chi connectivity index (χ2v) is 7.75. The van der Waals surface area contributed by atoms with Crippen LogP contribution in [0.5, 0.6) is 0 Å². The van der Waals surface area contributed by atoms with Gasteiger partial charge in [-0.2, -0.15) is 5.10 Å². The predicted molar refractivity (Wildman–Crippen MR) is 103 cm³/mol. The molecule has 2 aromatic rings. The number of nitrogens with one attached hydrogen (secondary N) is 1. The molecule has 3 atom stereocenters. The van der Waals surface area contributed by atoms with Gasteiger partial charge in [0.2, 0.25) is 5.91 Å². The van der Waals surface area contributed by atoms with Gasteiger partial charge in [-0.25, -0.2) is 4.68 Å². The van der Waals surface area contributed by atoms with E-state index < -0.39 is 0 Å². The van der Waals surface area contributed by atoms with Gasteiger partial charge in [-0.15, -0.1) is 0 Å². The number of carbonyl (C=O) groups excluding carboxylic acids is 1. The Morgan fingerprint density at radius 3 is 2.69 bits per heavy atom. The molecule has 3 unspecified atom stereocenters. The van der Waals surface area contributed by atoms with Gasteiger partial charge in [-0.05, 0) is 63.0 Å². The number of rotatable bonds is 6. The number of benzene rings is 1. The Kier molecular flexibility index (Phi) is 4.66. The lowest BCUT2D eigenvalue weighted by Gasteiger charge is -2.18. The summed E-state index contributed by atoms with van der Waals surface area (Å²) in [6.07, 6.45) is 8.88. The summed E-state index contributed by atoms with van der Waals surface area (Å²) >= 11 is 0. The van der Waals surface area contributed by atoms with Crippen molar-refractivity contribution in [1.82, 2.24) is 15.1 Å². The van der Waals surface area contributed by atoms with Gasteiger partial charge in [-0.1, -0.05) is 30.4 Å². The molecular weight excluding hydrogens is 322 g/mol. The first-order valence-corrected chi connectivity index (χ1v) is 9.67. The summed E-state index contributed by atoms with van der Waals surface area (Å²) in [6.45, 7) is 4.80. The maximum absolute atomic E-state index is 12.4. The number of hydrogen-bond acceptors (Lipinski definition) is 2. The third kappa shape index (κ3) is 3.33. The van der Waals surface area contributed by atoms with Crippen LogP contribution in [0.2, 0.25) is 0 Å². The van der Waals surface area contributed by atoms with Crippen LogP contribution < -0.4 is 5.32 Å². The van der Waals surface area contributed by atoms with E-state index in [-0.39, 0.29) is 5.91 Å². The van der Waals surface area contributed by atoms with E-state index in [2.05, 4.69) is 22.6 Å². The number of aryl methyl sites for hydroxylation is 1. The number of fused-ring (bicyclic) bond motifs is 2. The van der Waals surface area contributed by atoms with E-state index in [0.29, 0.717) is 6.42 Å². The van der Waals surface area contributed by atoms with Crippen LogP contribution in [0.3, 0.4) is 0 Å². The van der Waals surface area contributed by atoms with E-state index in [1.165, 1.54) is 12.8 Å². The smallest absolute Gasteiger partial charge is 0.224 e. The van der Waals surface area contributed by atoms with E-state index in [4.69, 9.17) is 0 Å². The van der Waals surface area contributed by atoms with Gasteiger partial charge in [0.05, 0.1) is 17.8 Å². The van der Waals surface area contributed by atoms with Gasteiger partial charge in [0.1, 0.15) is 0 Å².